The van der Waals surface area contributed by atoms with E-state index in [1.807, 2.05) is 0 Å². The van der Waals surface area contributed by atoms with Crippen LogP contribution in [0, 0.1) is 5.41 Å². The Morgan fingerprint density at radius 3 is 2.56 bits per heavy atom. The summed E-state index contributed by atoms with van der Waals surface area (Å²) in [6, 6.07) is 2.41. The monoisotopic (exact) mass is 242 g/mol. The Labute approximate surface area is 109 Å². The van der Waals surface area contributed by atoms with Gasteiger partial charge in [0.2, 0.25) is 0 Å². The molecule has 0 amide bonds. The second-order valence-corrected chi connectivity index (χ2v) is 7.35. The zero-order valence-corrected chi connectivity index (χ0v) is 11.7. The van der Waals surface area contributed by atoms with Gasteiger partial charge in [-0.2, -0.15) is 10.2 Å². The van der Waals surface area contributed by atoms with E-state index in [0.717, 1.165) is 0 Å². The van der Waals surface area contributed by atoms with Gasteiger partial charge in [-0.25, -0.2) is 0 Å². The van der Waals surface area contributed by atoms with Crippen molar-refractivity contribution in [3.8, 4) is 0 Å². The van der Waals surface area contributed by atoms with Gasteiger partial charge in [-0.05, 0) is 48.6 Å². The van der Waals surface area contributed by atoms with Crippen LogP contribution in [-0.2, 0) is 5.41 Å². The zero-order chi connectivity index (χ0) is 12.5. The van der Waals surface area contributed by atoms with E-state index in [-0.39, 0.29) is 5.41 Å². The minimum atomic E-state index is 0.262. The van der Waals surface area contributed by atoms with E-state index >= 15 is 0 Å². The molecule has 0 unspecified atom stereocenters. The Bertz CT molecular complexity index is 516. The molecule has 0 spiro atoms. The molecule has 3 aliphatic carbocycles. The molecule has 0 N–H and O–H groups in total. The summed E-state index contributed by atoms with van der Waals surface area (Å²) in [5, 5.41) is 9.21. The van der Waals surface area contributed by atoms with Crippen LogP contribution < -0.4 is 0 Å². The number of aromatic nitrogens is 2. The van der Waals surface area contributed by atoms with Gasteiger partial charge in [0.15, 0.2) is 0 Å². The molecule has 2 saturated carbocycles. The highest BCUT2D eigenvalue weighted by molar-refractivity contribution is 5.45. The molecule has 0 aliphatic heterocycles. The minimum Gasteiger partial charge on any atom is -0.155 e. The Morgan fingerprint density at radius 1 is 1.11 bits per heavy atom. The van der Waals surface area contributed by atoms with Gasteiger partial charge in [0.1, 0.15) is 0 Å². The van der Waals surface area contributed by atoms with E-state index in [1.165, 1.54) is 49.1 Å². The maximum Gasteiger partial charge on any atom is 0.0730 e. The van der Waals surface area contributed by atoms with Gasteiger partial charge in [-0.15, -0.1) is 0 Å². The predicted molar refractivity (Wildman–Crippen MR) is 71.7 cm³/mol. The summed E-state index contributed by atoms with van der Waals surface area (Å²) >= 11 is 0. The van der Waals surface area contributed by atoms with E-state index in [9.17, 15) is 0 Å². The van der Waals surface area contributed by atoms with Crippen LogP contribution in [0.25, 0.3) is 0 Å². The van der Waals surface area contributed by atoms with E-state index in [2.05, 4.69) is 37.0 Å². The Hall–Kier alpha value is -0.920. The summed E-state index contributed by atoms with van der Waals surface area (Å²) < 4.78 is 0. The fourth-order valence-corrected chi connectivity index (χ4v) is 4.49. The van der Waals surface area contributed by atoms with Crippen molar-refractivity contribution in [2.24, 2.45) is 5.41 Å². The number of rotatable bonds is 1. The molecule has 1 aromatic heterocycles. The highest BCUT2D eigenvalue weighted by Gasteiger charge is 2.60. The van der Waals surface area contributed by atoms with Crippen LogP contribution in [0.2, 0.25) is 0 Å². The number of nitrogens with zero attached hydrogens (tertiary/aromatic N) is 2. The summed E-state index contributed by atoms with van der Waals surface area (Å²) in [5.74, 6) is 1.42. The lowest BCUT2D eigenvalue weighted by Crippen LogP contribution is -2.32. The minimum absolute atomic E-state index is 0.262. The molecule has 0 aromatic carbocycles. The quantitative estimate of drug-likeness (QED) is 0.746. The average molecular weight is 242 g/mol. The van der Waals surface area contributed by atoms with Crippen molar-refractivity contribution in [3.63, 3.8) is 0 Å². The second kappa shape index (κ2) is 3.15. The van der Waals surface area contributed by atoms with Crippen molar-refractivity contribution in [2.45, 2.75) is 70.1 Å². The van der Waals surface area contributed by atoms with Crippen LogP contribution in [0.1, 0.15) is 81.7 Å². The topological polar surface area (TPSA) is 25.8 Å². The molecule has 96 valence electrons. The second-order valence-electron chi connectivity index (χ2n) is 7.35. The normalized spacial score (nSPS) is 36.5. The number of hydrogen-bond donors (Lipinski definition) is 0. The van der Waals surface area contributed by atoms with Crippen molar-refractivity contribution < 1.29 is 0 Å². The highest BCUT2D eigenvalue weighted by atomic mass is 15.1. The van der Waals surface area contributed by atoms with Crippen LogP contribution in [0.3, 0.4) is 0 Å². The fourth-order valence-electron chi connectivity index (χ4n) is 4.49. The molecule has 2 fully saturated rings. The molecule has 1 heterocycles. The van der Waals surface area contributed by atoms with Crippen LogP contribution >= 0.6 is 0 Å². The zero-order valence-electron chi connectivity index (χ0n) is 11.7. The SMILES string of the molecule is CC1(C)[C@H]2CC[C@]1(C)c1nnc(C3CCC3)cc12. The first kappa shape index (κ1) is 11.0. The van der Waals surface area contributed by atoms with E-state index < -0.39 is 0 Å². The summed E-state index contributed by atoms with van der Waals surface area (Å²) in [5.41, 5.74) is 4.74. The van der Waals surface area contributed by atoms with Crippen LogP contribution in [0.15, 0.2) is 6.07 Å². The first-order valence-electron chi connectivity index (χ1n) is 7.42. The molecule has 0 saturated heterocycles. The molecular formula is C16H22N2. The van der Waals surface area contributed by atoms with Gasteiger partial charge < -0.3 is 0 Å². The van der Waals surface area contributed by atoms with Crippen molar-refractivity contribution in [3.05, 3.63) is 23.0 Å². The first-order valence-corrected chi connectivity index (χ1v) is 7.42. The van der Waals surface area contributed by atoms with Crippen molar-refractivity contribution in [1.82, 2.24) is 10.2 Å². The van der Waals surface area contributed by atoms with Gasteiger partial charge in [-0.3, -0.25) is 0 Å². The highest BCUT2D eigenvalue weighted by Crippen LogP contribution is 2.67. The molecular weight excluding hydrogens is 220 g/mol. The Morgan fingerprint density at radius 2 is 1.89 bits per heavy atom. The summed E-state index contributed by atoms with van der Waals surface area (Å²) in [7, 11) is 0. The van der Waals surface area contributed by atoms with Crippen molar-refractivity contribution in [1.29, 1.82) is 0 Å². The lowest BCUT2D eigenvalue weighted by atomic mass is 9.70. The summed E-state index contributed by atoms with van der Waals surface area (Å²) in [6.45, 7) is 7.25. The molecule has 2 nitrogen and oxygen atoms in total. The summed E-state index contributed by atoms with van der Waals surface area (Å²) in [4.78, 5) is 0. The van der Waals surface area contributed by atoms with E-state index in [1.54, 1.807) is 0 Å². The fraction of sp³-hybridized carbons (Fsp3) is 0.750. The molecule has 2 heteroatoms. The summed E-state index contributed by atoms with van der Waals surface area (Å²) in [6.07, 6.45) is 6.63. The Kier molecular flexibility index (Phi) is 1.92. The first-order chi connectivity index (χ1) is 8.54. The third-order valence-electron chi connectivity index (χ3n) is 6.49. The van der Waals surface area contributed by atoms with Crippen LogP contribution in [0.4, 0.5) is 0 Å². The maximum atomic E-state index is 4.66. The molecule has 2 atom stereocenters. The van der Waals surface area contributed by atoms with Gasteiger partial charge in [-0.1, -0.05) is 27.2 Å². The molecule has 0 radical (unpaired) electrons. The molecule has 1 aromatic rings. The van der Waals surface area contributed by atoms with Gasteiger partial charge in [0.25, 0.3) is 0 Å². The maximum absolute atomic E-state index is 4.66. The number of hydrogen-bond acceptors (Lipinski definition) is 2. The smallest absolute Gasteiger partial charge is 0.0730 e. The van der Waals surface area contributed by atoms with Crippen molar-refractivity contribution >= 4 is 0 Å². The standard InChI is InChI=1S/C16H22N2/c1-15(2)12-7-8-16(15,3)14-11(12)9-13(17-18-14)10-5-4-6-10/h9-10,12H,4-8H2,1-3H3/t12-,16+/m0/s1. The molecule has 4 rings (SSSR count). The largest absolute Gasteiger partial charge is 0.155 e. The third kappa shape index (κ3) is 1.06. The lowest BCUT2D eigenvalue weighted by molar-refractivity contribution is 0.226. The lowest BCUT2D eigenvalue weighted by Gasteiger charge is -2.34. The molecule has 18 heavy (non-hydrogen) atoms. The number of fused-ring (bicyclic) bond motifs is 5. The average Bonchev–Trinajstić information content (AvgIpc) is 2.57. The van der Waals surface area contributed by atoms with Gasteiger partial charge >= 0.3 is 0 Å². The van der Waals surface area contributed by atoms with Crippen LogP contribution in [-0.4, -0.2) is 10.2 Å². The Balaban J connectivity index is 1.84. The van der Waals surface area contributed by atoms with Gasteiger partial charge in [0, 0.05) is 11.3 Å². The third-order valence-corrected chi connectivity index (χ3v) is 6.49. The molecule has 3 aliphatic rings. The van der Waals surface area contributed by atoms with E-state index in [4.69, 9.17) is 0 Å². The van der Waals surface area contributed by atoms with Crippen LogP contribution in [0.5, 0.6) is 0 Å². The predicted octanol–water partition coefficient (Wildman–Crippen LogP) is 3.92. The van der Waals surface area contributed by atoms with Gasteiger partial charge in [0.05, 0.1) is 11.4 Å². The van der Waals surface area contributed by atoms with E-state index in [0.29, 0.717) is 17.3 Å². The molecule has 2 bridgehead atoms. The van der Waals surface area contributed by atoms with Crippen molar-refractivity contribution in [2.75, 3.05) is 0 Å².